The zero-order valence-corrected chi connectivity index (χ0v) is 25.1. The summed E-state index contributed by atoms with van der Waals surface area (Å²) in [5.41, 5.74) is 3.17. The molecule has 3 fully saturated rings. The fourth-order valence-corrected chi connectivity index (χ4v) is 7.60. The number of nitrogens with zero attached hydrogens (tertiary/aromatic N) is 8. The molecule has 1 amide bonds. The van der Waals surface area contributed by atoms with Crippen LogP contribution in [0.25, 0.3) is 11.2 Å². The average molecular weight is 669 g/mol. The van der Waals surface area contributed by atoms with Crippen LogP contribution in [0.5, 0.6) is 0 Å². The summed E-state index contributed by atoms with van der Waals surface area (Å²) in [6.45, 7) is 3.09. The van der Waals surface area contributed by atoms with Crippen LogP contribution in [0.2, 0.25) is 0 Å². The Morgan fingerprint density at radius 2 is 2.02 bits per heavy atom. The number of halogens is 1. The number of hydrogen-bond acceptors (Lipinski definition) is 7. The fraction of sp³-hybridized carbons (Fsp3) is 0.483. The minimum atomic E-state index is -0.909. The van der Waals surface area contributed by atoms with Crippen molar-refractivity contribution < 1.29 is 14.6 Å². The molecule has 0 bridgehead atoms. The first kappa shape index (κ1) is 26.6. The van der Waals surface area contributed by atoms with E-state index in [0.717, 1.165) is 77.3 Å². The molecule has 12 heteroatoms. The van der Waals surface area contributed by atoms with Crippen molar-refractivity contribution in [1.29, 1.82) is 0 Å². The normalized spacial score (nSPS) is 25.7. The number of fused-ring (bicyclic) bond motifs is 2. The second-order valence-electron chi connectivity index (χ2n) is 11.4. The fourth-order valence-electron chi connectivity index (χ4n) is 6.99. The van der Waals surface area contributed by atoms with Crippen LogP contribution in [-0.2, 0) is 23.7 Å². The highest BCUT2D eigenvalue weighted by Gasteiger charge is 2.68. The first-order valence-electron chi connectivity index (χ1n) is 14.2. The average Bonchev–Trinajstić information content (AvgIpc) is 3.22. The summed E-state index contributed by atoms with van der Waals surface area (Å²) >= 11 is 2.22. The highest BCUT2D eigenvalue weighted by atomic mass is 127. The summed E-state index contributed by atoms with van der Waals surface area (Å²) < 4.78 is 10.6. The number of ether oxygens (including phenoxy) is 1. The summed E-state index contributed by atoms with van der Waals surface area (Å²) in [7, 11) is 1.92. The standard InChI is InChI=1S/C29H33IN8O3/c1-35-12-11-22(33-35)29(18-37(28(39)40)16-19-7-3-2-4-8-19)20-10-13-36(17-21(20)29)23-15-31-25-26(30)34-38(27(25)32-23)24-9-5-6-14-41-24/h2-4,7-8,11-12,15,20-21,24H,5-6,9-10,13-14,16-18H2,1H3,(H,39,40). The van der Waals surface area contributed by atoms with Crippen molar-refractivity contribution >= 4 is 45.7 Å². The summed E-state index contributed by atoms with van der Waals surface area (Å²) in [6.07, 6.45) is 6.82. The van der Waals surface area contributed by atoms with Gasteiger partial charge in [-0.15, -0.1) is 0 Å². The SMILES string of the molecule is Cn1ccc(C2(CN(Cc3ccccc3)C(=O)O)C3CCN(c4cnc5c(I)nn(C6CCCCO6)c5n4)CC32)n1. The van der Waals surface area contributed by atoms with Gasteiger partial charge in [0, 0.05) is 51.4 Å². The molecular weight excluding hydrogens is 635 g/mol. The number of rotatable bonds is 7. The van der Waals surface area contributed by atoms with Crippen molar-refractivity contribution in [2.75, 3.05) is 31.1 Å². The molecular formula is C29H33IN8O3. The Hall–Kier alpha value is -3.26. The van der Waals surface area contributed by atoms with E-state index < -0.39 is 6.09 Å². The summed E-state index contributed by atoms with van der Waals surface area (Å²) in [6, 6.07) is 11.9. The molecule has 1 aliphatic carbocycles. The second-order valence-corrected chi connectivity index (χ2v) is 12.5. The Morgan fingerprint density at radius 1 is 1.17 bits per heavy atom. The van der Waals surface area contributed by atoms with Crippen molar-refractivity contribution in [1.82, 2.24) is 34.4 Å². The van der Waals surface area contributed by atoms with Gasteiger partial charge in [-0.1, -0.05) is 30.3 Å². The van der Waals surface area contributed by atoms with Gasteiger partial charge in [-0.25, -0.2) is 19.4 Å². The molecule has 2 saturated heterocycles. The molecule has 1 N–H and O–H groups in total. The van der Waals surface area contributed by atoms with Gasteiger partial charge in [-0.2, -0.15) is 10.2 Å². The number of aromatic nitrogens is 6. The number of anilines is 1. The zero-order chi connectivity index (χ0) is 28.1. The largest absolute Gasteiger partial charge is 0.465 e. The zero-order valence-electron chi connectivity index (χ0n) is 22.9. The molecule has 5 heterocycles. The van der Waals surface area contributed by atoms with Gasteiger partial charge < -0.3 is 19.6 Å². The highest BCUT2D eigenvalue weighted by Crippen LogP contribution is 2.63. The molecule has 0 spiro atoms. The van der Waals surface area contributed by atoms with Gasteiger partial charge in [0.25, 0.3) is 0 Å². The second kappa shape index (κ2) is 10.5. The lowest BCUT2D eigenvalue weighted by Gasteiger charge is -2.28. The van der Waals surface area contributed by atoms with Crippen LogP contribution in [0.4, 0.5) is 10.6 Å². The smallest absolute Gasteiger partial charge is 0.407 e. The quantitative estimate of drug-likeness (QED) is 0.288. The van der Waals surface area contributed by atoms with Crippen molar-refractivity contribution in [3.05, 3.63) is 63.7 Å². The third kappa shape index (κ3) is 4.74. The molecule has 214 valence electrons. The lowest BCUT2D eigenvalue weighted by Crippen LogP contribution is -2.38. The Bertz CT molecular complexity index is 1570. The van der Waals surface area contributed by atoms with E-state index >= 15 is 0 Å². The van der Waals surface area contributed by atoms with Crippen LogP contribution < -0.4 is 4.90 Å². The predicted molar refractivity (Wildman–Crippen MR) is 160 cm³/mol. The highest BCUT2D eigenvalue weighted by molar-refractivity contribution is 14.1. The van der Waals surface area contributed by atoms with E-state index in [1.165, 1.54) is 0 Å². The molecule has 0 radical (unpaired) electrons. The van der Waals surface area contributed by atoms with Crippen LogP contribution in [0.1, 0.15) is 43.2 Å². The van der Waals surface area contributed by atoms with E-state index in [2.05, 4.69) is 33.6 Å². The Morgan fingerprint density at radius 3 is 2.76 bits per heavy atom. The number of hydrogen-bond donors (Lipinski definition) is 1. The van der Waals surface area contributed by atoms with Crippen LogP contribution in [0.15, 0.2) is 48.8 Å². The maximum absolute atomic E-state index is 12.5. The number of carbonyl (C=O) groups is 1. The van der Waals surface area contributed by atoms with Gasteiger partial charge >= 0.3 is 6.09 Å². The topological polar surface area (TPSA) is 114 Å². The van der Waals surface area contributed by atoms with Crippen LogP contribution in [0, 0.1) is 15.5 Å². The van der Waals surface area contributed by atoms with E-state index in [1.54, 1.807) is 4.90 Å². The predicted octanol–water partition coefficient (Wildman–Crippen LogP) is 4.44. The molecule has 1 saturated carbocycles. The Labute approximate surface area is 251 Å². The minimum absolute atomic E-state index is 0.114. The van der Waals surface area contributed by atoms with Gasteiger partial charge in [-0.3, -0.25) is 4.68 Å². The maximum atomic E-state index is 12.5. The number of benzene rings is 1. The third-order valence-electron chi connectivity index (χ3n) is 9.06. The first-order chi connectivity index (χ1) is 19.9. The molecule has 11 nitrogen and oxygen atoms in total. The number of amides is 1. The molecule has 4 atom stereocenters. The number of aryl methyl sites for hydroxylation is 1. The van der Waals surface area contributed by atoms with E-state index in [4.69, 9.17) is 24.9 Å². The summed E-state index contributed by atoms with van der Waals surface area (Å²) in [4.78, 5) is 26.2. The molecule has 7 rings (SSSR count). The molecule has 3 aliphatic rings. The van der Waals surface area contributed by atoms with E-state index in [9.17, 15) is 9.90 Å². The molecule has 3 aromatic heterocycles. The first-order valence-corrected chi connectivity index (χ1v) is 15.3. The van der Waals surface area contributed by atoms with Gasteiger partial charge in [0.2, 0.25) is 0 Å². The van der Waals surface area contributed by atoms with Gasteiger partial charge in [0.15, 0.2) is 15.6 Å². The van der Waals surface area contributed by atoms with Crippen molar-refractivity contribution in [2.24, 2.45) is 18.9 Å². The van der Waals surface area contributed by atoms with E-state index in [0.29, 0.717) is 19.0 Å². The minimum Gasteiger partial charge on any atom is -0.465 e. The molecule has 41 heavy (non-hydrogen) atoms. The lowest BCUT2D eigenvalue weighted by atomic mass is 9.95. The molecule has 4 unspecified atom stereocenters. The van der Waals surface area contributed by atoms with Crippen LogP contribution >= 0.6 is 22.6 Å². The van der Waals surface area contributed by atoms with Crippen molar-refractivity contribution in [2.45, 2.75) is 43.9 Å². The number of piperidine rings is 1. The third-order valence-corrected chi connectivity index (χ3v) is 9.79. The van der Waals surface area contributed by atoms with E-state index in [-0.39, 0.29) is 17.6 Å². The lowest BCUT2D eigenvalue weighted by molar-refractivity contribution is -0.0372. The molecule has 1 aromatic carbocycles. The van der Waals surface area contributed by atoms with Crippen LogP contribution in [-0.4, -0.2) is 71.9 Å². The van der Waals surface area contributed by atoms with Gasteiger partial charge in [0.05, 0.1) is 11.9 Å². The van der Waals surface area contributed by atoms with Gasteiger partial charge in [0.1, 0.15) is 11.3 Å². The molecule has 2 aliphatic heterocycles. The Kier molecular flexibility index (Phi) is 6.84. The molecule has 4 aromatic rings. The van der Waals surface area contributed by atoms with Crippen LogP contribution in [0.3, 0.4) is 0 Å². The van der Waals surface area contributed by atoms with Crippen molar-refractivity contribution in [3.63, 3.8) is 0 Å². The van der Waals surface area contributed by atoms with Gasteiger partial charge in [-0.05, 0) is 71.7 Å². The van der Waals surface area contributed by atoms with E-state index in [1.807, 2.05) is 59.1 Å². The summed E-state index contributed by atoms with van der Waals surface area (Å²) in [5.74, 6) is 1.43. The summed E-state index contributed by atoms with van der Waals surface area (Å²) in [5, 5.41) is 19.8. The number of carboxylic acid groups (broad SMARTS) is 1. The monoisotopic (exact) mass is 668 g/mol. The van der Waals surface area contributed by atoms with Crippen molar-refractivity contribution in [3.8, 4) is 0 Å². The maximum Gasteiger partial charge on any atom is 0.407 e. The Balaban J connectivity index is 1.18.